The van der Waals surface area contributed by atoms with Crippen molar-refractivity contribution in [2.45, 2.75) is 12.8 Å². The lowest BCUT2D eigenvalue weighted by Crippen LogP contribution is -2.42. The van der Waals surface area contributed by atoms with Gasteiger partial charge in [0.25, 0.3) is 5.69 Å². The van der Waals surface area contributed by atoms with Crippen molar-refractivity contribution in [3.05, 3.63) is 99.6 Å². The van der Waals surface area contributed by atoms with E-state index >= 15 is 0 Å². The molecule has 0 bridgehead atoms. The molecule has 0 radical (unpaired) electrons. The Morgan fingerprint density at radius 2 is 1.68 bits per heavy atom. The number of nitro groups is 1. The minimum absolute atomic E-state index is 0.159. The summed E-state index contributed by atoms with van der Waals surface area (Å²) < 4.78 is 10.8. The van der Waals surface area contributed by atoms with Crippen molar-refractivity contribution in [1.29, 1.82) is 0 Å². The van der Waals surface area contributed by atoms with Gasteiger partial charge in [0.05, 0.1) is 35.9 Å². The minimum atomic E-state index is -1.09. The fraction of sp³-hybridized carbons (Fsp3) is 0.207. The number of methoxy groups -OCH3 is 1. The monoisotopic (exact) mass is 510 g/mol. The predicted molar refractivity (Wildman–Crippen MR) is 137 cm³/mol. The smallest absolute Gasteiger partial charge is 0.319 e. The van der Waals surface area contributed by atoms with E-state index < -0.39 is 52.1 Å². The van der Waals surface area contributed by atoms with Crippen LogP contribution in [0.4, 0.5) is 11.4 Å². The molecule has 6 rings (SSSR count). The third-order valence-electron chi connectivity index (χ3n) is 7.56. The number of anilines is 1. The summed E-state index contributed by atoms with van der Waals surface area (Å²) in [6.45, 7) is 1.89. The van der Waals surface area contributed by atoms with Crippen LogP contribution in [-0.4, -0.2) is 29.8 Å². The second kappa shape index (κ2) is 8.65. The minimum Gasteiger partial charge on any atom is -0.496 e. The Kier molecular flexibility index (Phi) is 5.37. The highest BCUT2D eigenvalue weighted by atomic mass is 16.6. The average molecular weight is 511 g/mol. The molecule has 0 spiro atoms. The molecule has 1 saturated heterocycles. The summed E-state index contributed by atoms with van der Waals surface area (Å²) in [5.74, 6) is -4.86. The van der Waals surface area contributed by atoms with E-state index in [1.165, 1.54) is 25.3 Å². The highest BCUT2D eigenvalue weighted by Crippen LogP contribution is 2.55. The number of hydrogen-bond acceptors (Lipinski definition) is 7. The molecule has 0 N–H and O–H groups in total. The van der Waals surface area contributed by atoms with Crippen LogP contribution in [-0.2, 0) is 14.4 Å². The van der Waals surface area contributed by atoms with Gasteiger partial charge < -0.3 is 9.47 Å². The number of benzene rings is 3. The number of carbonyl (C=O) groups excluding carboxylic acids is 3. The van der Waals surface area contributed by atoms with E-state index in [1.54, 1.807) is 6.07 Å². The van der Waals surface area contributed by atoms with Crippen molar-refractivity contribution in [3.8, 4) is 11.5 Å². The molecule has 4 atom stereocenters. The summed E-state index contributed by atoms with van der Waals surface area (Å²) in [7, 11) is 1.37. The highest BCUT2D eigenvalue weighted by molar-refractivity contribution is 6.25. The Labute approximate surface area is 217 Å². The zero-order valence-corrected chi connectivity index (χ0v) is 20.5. The van der Waals surface area contributed by atoms with E-state index in [0.29, 0.717) is 16.9 Å². The molecule has 0 aromatic heterocycles. The molecule has 190 valence electrons. The van der Waals surface area contributed by atoms with Crippen LogP contribution in [0.25, 0.3) is 5.57 Å². The molecule has 3 aliphatic rings. The summed E-state index contributed by atoms with van der Waals surface area (Å²) >= 11 is 0. The highest BCUT2D eigenvalue weighted by Gasteiger charge is 2.61. The van der Waals surface area contributed by atoms with Crippen molar-refractivity contribution >= 4 is 34.7 Å². The summed E-state index contributed by atoms with van der Waals surface area (Å²) in [6, 6.07) is 18.7. The molecule has 1 aliphatic carbocycles. The number of carbonyl (C=O) groups is 3. The van der Waals surface area contributed by atoms with Gasteiger partial charge in [-0.2, -0.15) is 0 Å². The number of ether oxygens (including phenoxy) is 2. The Hall–Kier alpha value is -4.79. The van der Waals surface area contributed by atoms with Crippen LogP contribution < -0.4 is 14.4 Å². The molecular weight excluding hydrogens is 488 g/mol. The molecule has 1 fully saturated rings. The van der Waals surface area contributed by atoms with E-state index in [4.69, 9.17) is 9.47 Å². The topological polar surface area (TPSA) is 116 Å². The second-order valence-corrected chi connectivity index (χ2v) is 9.63. The molecule has 38 heavy (non-hydrogen) atoms. The van der Waals surface area contributed by atoms with E-state index in [9.17, 15) is 24.5 Å². The largest absolute Gasteiger partial charge is 0.496 e. The first kappa shape index (κ1) is 23.6. The average Bonchev–Trinajstić information content (AvgIpc) is 3.17. The number of allylic oxidation sites excluding steroid dienone is 1. The molecule has 3 aromatic carbocycles. The van der Waals surface area contributed by atoms with Gasteiger partial charge in [0.15, 0.2) is 0 Å². The number of nitrogens with zero attached hydrogens (tertiary/aromatic N) is 2. The second-order valence-electron chi connectivity index (χ2n) is 9.63. The van der Waals surface area contributed by atoms with Gasteiger partial charge in [-0.25, -0.2) is 4.90 Å². The molecule has 9 heteroatoms. The number of aryl methyl sites for hydroxylation is 1. The lowest BCUT2D eigenvalue weighted by molar-refractivity contribution is -0.384. The third-order valence-corrected chi connectivity index (χ3v) is 7.56. The number of imide groups is 1. The van der Waals surface area contributed by atoms with Crippen LogP contribution in [0.15, 0.2) is 72.8 Å². The quantitative estimate of drug-likeness (QED) is 0.168. The predicted octanol–water partition coefficient (Wildman–Crippen LogP) is 4.43. The third kappa shape index (κ3) is 3.42. The van der Waals surface area contributed by atoms with Gasteiger partial charge in [-0.15, -0.1) is 0 Å². The Morgan fingerprint density at radius 1 is 0.947 bits per heavy atom. The van der Waals surface area contributed by atoms with Crippen LogP contribution in [0.5, 0.6) is 11.5 Å². The molecule has 0 saturated carbocycles. The zero-order valence-electron chi connectivity index (χ0n) is 20.5. The molecule has 9 nitrogen and oxygen atoms in total. The molecule has 2 aliphatic heterocycles. The first-order valence-electron chi connectivity index (χ1n) is 12.1. The van der Waals surface area contributed by atoms with Gasteiger partial charge in [0.1, 0.15) is 17.2 Å². The van der Waals surface area contributed by atoms with Gasteiger partial charge in [-0.1, -0.05) is 48.5 Å². The number of esters is 1. The van der Waals surface area contributed by atoms with Crippen molar-refractivity contribution in [2.75, 3.05) is 12.0 Å². The van der Waals surface area contributed by atoms with Crippen LogP contribution in [0.2, 0.25) is 0 Å². The number of fused-ring (bicyclic) bond motifs is 5. The molecule has 0 unspecified atom stereocenters. The Balaban J connectivity index is 1.55. The first-order valence-corrected chi connectivity index (χ1v) is 12.1. The van der Waals surface area contributed by atoms with E-state index in [2.05, 4.69) is 0 Å². The Bertz CT molecular complexity index is 1560. The maximum atomic E-state index is 14.0. The maximum Gasteiger partial charge on any atom is 0.319 e. The summed E-state index contributed by atoms with van der Waals surface area (Å²) in [5.41, 5.74) is 2.42. The molecular formula is C29H22N2O7. The zero-order chi connectivity index (χ0) is 26.7. The lowest BCUT2D eigenvalue weighted by atomic mass is 9.64. The van der Waals surface area contributed by atoms with Gasteiger partial charge in [-0.3, -0.25) is 24.5 Å². The number of rotatable bonds is 4. The number of amides is 2. The molecule has 2 heterocycles. The van der Waals surface area contributed by atoms with Crippen molar-refractivity contribution in [1.82, 2.24) is 0 Å². The Morgan fingerprint density at radius 3 is 2.39 bits per heavy atom. The number of hydrogen-bond donors (Lipinski definition) is 0. The number of nitro benzene ring substituents is 1. The van der Waals surface area contributed by atoms with Crippen LogP contribution in [0.1, 0.15) is 22.6 Å². The first-order chi connectivity index (χ1) is 18.3. The van der Waals surface area contributed by atoms with Gasteiger partial charge in [0.2, 0.25) is 11.8 Å². The van der Waals surface area contributed by atoms with Crippen molar-refractivity contribution < 1.29 is 28.8 Å². The van der Waals surface area contributed by atoms with E-state index in [0.717, 1.165) is 16.0 Å². The van der Waals surface area contributed by atoms with Crippen LogP contribution in [0, 0.1) is 34.8 Å². The van der Waals surface area contributed by atoms with Gasteiger partial charge in [0, 0.05) is 11.5 Å². The van der Waals surface area contributed by atoms with Gasteiger partial charge >= 0.3 is 5.97 Å². The standard InChI is InChI=1S/C29H22N2O7/c1-15-8-10-18-20-14-19(16-6-4-3-5-7-16)24-26(25(20)29(34)38-23(18)12-15)28(33)30(27(24)32)21-11-9-17(37-2)13-22(21)31(35)36/h3-14,19,24-26H,1-2H3/t19-,24-,25-,26+/m1/s1. The van der Waals surface area contributed by atoms with E-state index in [-0.39, 0.29) is 11.4 Å². The summed E-state index contributed by atoms with van der Waals surface area (Å²) in [5, 5.41) is 11.9. The summed E-state index contributed by atoms with van der Waals surface area (Å²) in [4.78, 5) is 53.5. The maximum absolute atomic E-state index is 14.0. The fourth-order valence-electron chi connectivity index (χ4n) is 5.87. The van der Waals surface area contributed by atoms with Gasteiger partial charge in [-0.05, 0) is 41.8 Å². The fourth-order valence-corrected chi connectivity index (χ4v) is 5.87. The molecule has 2 amide bonds. The van der Waals surface area contributed by atoms with Crippen molar-refractivity contribution in [2.24, 2.45) is 17.8 Å². The molecule has 3 aromatic rings. The van der Waals surface area contributed by atoms with E-state index in [1.807, 2.05) is 55.5 Å². The van der Waals surface area contributed by atoms with Crippen LogP contribution in [0.3, 0.4) is 0 Å². The lowest BCUT2D eigenvalue weighted by Gasteiger charge is -2.38. The van der Waals surface area contributed by atoms with Crippen LogP contribution >= 0.6 is 0 Å². The normalized spacial score (nSPS) is 23.7. The SMILES string of the molecule is COc1ccc(N2C(=O)[C@@H]3[C@@H]4C(=O)Oc5cc(C)ccc5C4=C[C@H](c4ccccc4)[C@H]3C2=O)c([N+](=O)[O-])c1. The summed E-state index contributed by atoms with van der Waals surface area (Å²) in [6.07, 6.45) is 1.88. The van der Waals surface area contributed by atoms with Crippen molar-refractivity contribution in [3.63, 3.8) is 0 Å².